The van der Waals surface area contributed by atoms with Gasteiger partial charge in [0.25, 0.3) is 0 Å². The van der Waals surface area contributed by atoms with E-state index in [9.17, 15) is 0 Å². The third kappa shape index (κ3) is 4.14. The lowest BCUT2D eigenvalue weighted by Gasteiger charge is -2.13. The van der Waals surface area contributed by atoms with Gasteiger partial charge in [0.15, 0.2) is 0 Å². The molecule has 2 heteroatoms. The Morgan fingerprint density at radius 2 is 2.06 bits per heavy atom. The highest BCUT2D eigenvalue weighted by Gasteiger charge is 2.24. The summed E-state index contributed by atoms with van der Waals surface area (Å²) in [6.07, 6.45) is 5.30. The second kappa shape index (κ2) is 6.77. The number of nitrogens with one attached hydrogen (secondary N) is 1. The van der Waals surface area contributed by atoms with E-state index in [2.05, 4.69) is 36.5 Å². The van der Waals surface area contributed by atoms with E-state index >= 15 is 0 Å². The van der Waals surface area contributed by atoms with Gasteiger partial charge in [-0.3, -0.25) is 0 Å². The summed E-state index contributed by atoms with van der Waals surface area (Å²) in [7, 11) is 0. The SMILES string of the molecule is CCCNC1CCC(OCc2ccccc2)C1. The number of hydrogen-bond acceptors (Lipinski definition) is 2. The van der Waals surface area contributed by atoms with E-state index in [1.54, 1.807) is 0 Å². The largest absolute Gasteiger partial charge is 0.373 e. The highest BCUT2D eigenvalue weighted by Crippen LogP contribution is 2.23. The molecule has 1 aliphatic carbocycles. The molecule has 1 aliphatic rings. The Bertz CT molecular complexity index is 312. The second-order valence-corrected chi connectivity index (χ2v) is 4.88. The van der Waals surface area contributed by atoms with E-state index in [1.165, 1.54) is 31.2 Å². The Kier molecular flexibility index (Phi) is 5.02. The first-order valence-electron chi connectivity index (χ1n) is 6.77. The van der Waals surface area contributed by atoms with Crippen molar-refractivity contribution in [1.29, 1.82) is 0 Å². The molecule has 2 rings (SSSR count). The highest BCUT2D eigenvalue weighted by atomic mass is 16.5. The average Bonchev–Trinajstić information content (AvgIpc) is 2.83. The van der Waals surface area contributed by atoms with Crippen LogP contribution in [-0.2, 0) is 11.3 Å². The quantitative estimate of drug-likeness (QED) is 0.815. The normalized spacial score (nSPS) is 24.1. The molecule has 0 amide bonds. The minimum atomic E-state index is 0.449. The Morgan fingerprint density at radius 1 is 1.24 bits per heavy atom. The second-order valence-electron chi connectivity index (χ2n) is 4.88. The van der Waals surface area contributed by atoms with Gasteiger partial charge in [-0.15, -0.1) is 0 Å². The van der Waals surface area contributed by atoms with E-state index in [-0.39, 0.29) is 0 Å². The molecular weight excluding hydrogens is 210 g/mol. The topological polar surface area (TPSA) is 21.3 Å². The van der Waals surface area contributed by atoms with Crippen molar-refractivity contribution < 1.29 is 4.74 Å². The summed E-state index contributed by atoms with van der Waals surface area (Å²) in [6, 6.07) is 11.1. The van der Waals surface area contributed by atoms with Crippen LogP contribution >= 0.6 is 0 Å². The van der Waals surface area contributed by atoms with Crippen molar-refractivity contribution in [2.75, 3.05) is 6.54 Å². The summed E-state index contributed by atoms with van der Waals surface area (Å²) in [5.74, 6) is 0. The smallest absolute Gasteiger partial charge is 0.0720 e. The van der Waals surface area contributed by atoms with Gasteiger partial charge in [0.05, 0.1) is 12.7 Å². The summed E-state index contributed by atoms with van der Waals surface area (Å²) in [6.45, 7) is 4.10. The van der Waals surface area contributed by atoms with Crippen molar-refractivity contribution in [2.45, 2.75) is 51.4 Å². The van der Waals surface area contributed by atoms with Gasteiger partial charge in [0.1, 0.15) is 0 Å². The molecule has 0 saturated heterocycles. The Balaban J connectivity index is 1.68. The molecule has 17 heavy (non-hydrogen) atoms. The molecule has 1 saturated carbocycles. The summed E-state index contributed by atoms with van der Waals surface area (Å²) < 4.78 is 5.96. The lowest BCUT2D eigenvalue weighted by molar-refractivity contribution is 0.0441. The molecule has 1 aromatic rings. The van der Waals surface area contributed by atoms with Gasteiger partial charge in [0.2, 0.25) is 0 Å². The molecule has 1 aromatic carbocycles. The minimum Gasteiger partial charge on any atom is -0.373 e. The maximum Gasteiger partial charge on any atom is 0.0720 e. The van der Waals surface area contributed by atoms with Crippen LogP contribution in [0.3, 0.4) is 0 Å². The number of hydrogen-bond donors (Lipinski definition) is 1. The third-order valence-corrected chi connectivity index (χ3v) is 3.40. The highest BCUT2D eigenvalue weighted by molar-refractivity contribution is 5.13. The van der Waals surface area contributed by atoms with Gasteiger partial charge in [-0.1, -0.05) is 37.3 Å². The van der Waals surface area contributed by atoms with Crippen molar-refractivity contribution in [1.82, 2.24) is 5.32 Å². The monoisotopic (exact) mass is 233 g/mol. The molecule has 0 aromatic heterocycles. The van der Waals surface area contributed by atoms with Crippen molar-refractivity contribution in [3.63, 3.8) is 0 Å². The Morgan fingerprint density at radius 3 is 2.82 bits per heavy atom. The number of rotatable bonds is 6. The lowest BCUT2D eigenvalue weighted by Crippen LogP contribution is -2.27. The van der Waals surface area contributed by atoms with Crippen LogP contribution in [0.1, 0.15) is 38.2 Å². The van der Waals surface area contributed by atoms with Crippen LogP contribution in [0.5, 0.6) is 0 Å². The molecule has 0 radical (unpaired) electrons. The van der Waals surface area contributed by atoms with Crippen LogP contribution in [-0.4, -0.2) is 18.7 Å². The fourth-order valence-corrected chi connectivity index (χ4v) is 2.41. The van der Waals surface area contributed by atoms with E-state index in [1.807, 2.05) is 6.07 Å². The summed E-state index contributed by atoms with van der Waals surface area (Å²) >= 11 is 0. The minimum absolute atomic E-state index is 0.449. The van der Waals surface area contributed by atoms with Crippen molar-refractivity contribution in [2.24, 2.45) is 0 Å². The summed E-state index contributed by atoms with van der Waals surface area (Å²) in [4.78, 5) is 0. The van der Waals surface area contributed by atoms with E-state index in [0.29, 0.717) is 12.1 Å². The average molecular weight is 233 g/mol. The lowest BCUT2D eigenvalue weighted by atomic mass is 10.2. The zero-order valence-electron chi connectivity index (χ0n) is 10.7. The number of ether oxygens (including phenoxy) is 1. The van der Waals surface area contributed by atoms with E-state index < -0.39 is 0 Å². The standard InChI is InChI=1S/C15H23NO/c1-2-10-16-14-8-9-15(11-14)17-12-13-6-4-3-5-7-13/h3-7,14-16H,2,8-12H2,1H3. The first-order chi connectivity index (χ1) is 8.38. The van der Waals surface area contributed by atoms with Gasteiger partial charge < -0.3 is 10.1 Å². The molecule has 0 aliphatic heterocycles. The summed E-state index contributed by atoms with van der Waals surface area (Å²) in [5.41, 5.74) is 1.28. The molecule has 94 valence electrons. The van der Waals surface area contributed by atoms with Crippen molar-refractivity contribution >= 4 is 0 Å². The van der Waals surface area contributed by atoms with Gasteiger partial charge in [0, 0.05) is 6.04 Å². The molecule has 0 heterocycles. The molecular formula is C15H23NO. The summed E-state index contributed by atoms with van der Waals surface area (Å²) in [5, 5.41) is 3.58. The third-order valence-electron chi connectivity index (χ3n) is 3.40. The zero-order valence-corrected chi connectivity index (χ0v) is 10.7. The first kappa shape index (κ1) is 12.6. The first-order valence-corrected chi connectivity index (χ1v) is 6.77. The maximum atomic E-state index is 5.96. The molecule has 1 fully saturated rings. The van der Waals surface area contributed by atoms with Crippen LogP contribution in [0.15, 0.2) is 30.3 Å². The van der Waals surface area contributed by atoms with E-state index in [0.717, 1.165) is 13.2 Å². The van der Waals surface area contributed by atoms with Crippen LogP contribution in [0, 0.1) is 0 Å². The molecule has 0 spiro atoms. The predicted octanol–water partition coefficient (Wildman–Crippen LogP) is 3.12. The molecule has 2 nitrogen and oxygen atoms in total. The Labute approximate surface area is 104 Å². The van der Waals surface area contributed by atoms with Crippen LogP contribution in [0.4, 0.5) is 0 Å². The molecule has 2 unspecified atom stereocenters. The molecule has 0 bridgehead atoms. The van der Waals surface area contributed by atoms with Gasteiger partial charge >= 0.3 is 0 Å². The Hall–Kier alpha value is -0.860. The van der Waals surface area contributed by atoms with Crippen LogP contribution in [0.25, 0.3) is 0 Å². The van der Waals surface area contributed by atoms with Gasteiger partial charge in [-0.25, -0.2) is 0 Å². The van der Waals surface area contributed by atoms with E-state index in [4.69, 9.17) is 4.74 Å². The maximum absolute atomic E-state index is 5.96. The van der Waals surface area contributed by atoms with Crippen molar-refractivity contribution in [3.8, 4) is 0 Å². The predicted molar refractivity (Wildman–Crippen MR) is 71.0 cm³/mol. The molecule has 2 atom stereocenters. The fourth-order valence-electron chi connectivity index (χ4n) is 2.41. The van der Waals surface area contributed by atoms with Gasteiger partial charge in [-0.2, -0.15) is 0 Å². The van der Waals surface area contributed by atoms with Crippen molar-refractivity contribution in [3.05, 3.63) is 35.9 Å². The van der Waals surface area contributed by atoms with Crippen LogP contribution < -0.4 is 5.32 Å². The fraction of sp³-hybridized carbons (Fsp3) is 0.600. The van der Waals surface area contributed by atoms with Gasteiger partial charge in [-0.05, 0) is 37.8 Å². The van der Waals surface area contributed by atoms with Crippen LogP contribution in [0.2, 0.25) is 0 Å². The zero-order chi connectivity index (χ0) is 11.9. The molecule has 1 N–H and O–H groups in total. The number of benzene rings is 1.